The van der Waals surface area contributed by atoms with Crippen LogP contribution in [0.15, 0.2) is 24.4 Å². The lowest BCUT2D eigenvalue weighted by Crippen LogP contribution is -2.21. The number of fused-ring (bicyclic) bond motifs is 1. The molecule has 1 aliphatic carbocycles. The Bertz CT molecular complexity index is 1190. The van der Waals surface area contributed by atoms with Crippen molar-refractivity contribution in [3.05, 3.63) is 61.0 Å². The number of esters is 1. The normalized spacial score (nSPS) is 12.9. The van der Waals surface area contributed by atoms with Crippen molar-refractivity contribution in [3.63, 3.8) is 0 Å². The number of aromatic nitrogens is 2. The van der Waals surface area contributed by atoms with Crippen molar-refractivity contribution in [1.82, 2.24) is 9.78 Å². The Morgan fingerprint density at radius 3 is 2.72 bits per heavy atom. The van der Waals surface area contributed by atoms with Crippen LogP contribution < -0.4 is 10.6 Å². The van der Waals surface area contributed by atoms with Crippen LogP contribution in [0.25, 0.3) is 0 Å². The molecule has 4 rings (SSSR count). The first-order valence-corrected chi connectivity index (χ1v) is 12.2. The Kier molecular flexibility index (Phi) is 7.27. The van der Waals surface area contributed by atoms with Crippen LogP contribution in [-0.4, -0.2) is 28.0 Å². The van der Waals surface area contributed by atoms with Gasteiger partial charge in [-0.25, -0.2) is 4.79 Å². The summed E-state index contributed by atoms with van der Waals surface area (Å²) in [5.41, 5.74) is 2.55. The number of nitrogens with one attached hydrogen (secondary N) is 2. The molecule has 6 nitrogen and oxygen atoms in total. The zero-order valence-electron chi connectivity index (χ0n) is 17.0. The maximum Gasteiger partial charge on any atom is 0.341 e. The van der Waals surface area contributed by atoms with Gasteiger partial charge in [-0.05, 0) is 61.2 Å². The van der Waals surface area contributed by atoms with Crippen LogP contribution in [0.5, 0.6) is 0 Å². The number of rotatable bonds is 5. The number of hydrogen-bond acceptors (Lipinski definition) is 5. The van der Waals surface area contributed by atoms with Gasteiger partial charge in [0.25, 0.3) is 0 Å². The van der Waals surface area contributed by atoms with Crippen molar-refractivity contribution in [2.75, 3.05) is 17.7 Å². The summed E-state index contributed by atoms with van der Waals surface area (Å²) in [5, 5.41) is 12.9. The van der Waals surface area contributed by atoms with Crippen molar-refractivity contribution in [2.24, 2.45) is 0 Å². The summed E-state index contributed by atoms with van der Waals surface area (Å²) in [7, 11) is 1.38. The fourth-order valence-corrected chi connectivity index (χ4v) is 5.67. The molecule has 1 aliphatic rings. The van der Waals surface area contributed by atoms with Gasteiger partial charge in [0.15, 0.2) is 10.9 Å². The Labute approximate surface area is 209 Å². The number of aryl methyl sites for hydroxylation is 1. The van der Waals surface area contributed by atoms with E-state index in [0.717, 1.165) is 36.8 Å². The molecule has 11 heteroatoms. The van der Waals surface area contributed by atoms with Crippen LogP contribution in [-0.2, 0) is 24.1 Å². The molecule has 3 aromatic rings. The van der Waals surface area contributed by atoms with E-state index in [2.05, 4.69) is 15.7 Å². The van der Waals surface area contributed by atoms with Crippen LogP contribution in [0.3, 0.4) is 0 Å². The number of thiocarbonyl (C=S) groups is 1. The average molecular weight is 530 g/mol. The highest BCUT2D eigenvalue weighted by atomic mass is 35.5. The monoisotopic (exact) mass is 528 g/mol. The van der Waals surface area contributed by atoms with E-state index >= 15 is 0 Å². The molecule has 0 atom stereocenters. The fraction of sp³-hybridized carbons (Fsp3) is 0.286. The number of benzene rings is 1. The van der Waals surface area contributed by atoms with E-state index in [1.165, 1.54) is 23.3 Å². The summed E-state index contributed by atoms with van der Waals surface area (Å²) in [6.07, 6.45) is 5.68. The smallest absolute Gasteiger partial charge is 0.341 e. The lowest BCUT2D eigenvalue weighted by Gasteiger charge is -2.12. The zero-order chi connectivity index (χ0) is 22.8. The molecule has 0 radical (unpaired) electrons. The van der Waals surface area contributed by atoms with Crippen LogP contribution in [0.2, 0.25) is 15.1 Å². The van der Waals surface area contributed by atoms with E-state index in [9.17, 15) is 4.79 Å². The minimum atomic E-state index is -0.362. The minimum Gasteiger partial charge on any atom is -0.465 e. The fourth-order valence-electron chi connectivity index (χ4n) is 3.60. The summed E-state index contributed by atoms with van der Waals surface area (Å²) in [4.78, 5) is 13.6. The van der Waals surface area contributed by atoms with Crippen LogP contribution >= 0.6 is 58.4 Å². The van der Waals surface area contributed by atoms with Crippen molar-refractivity contribution >= 4 is 80.3 Å². The third-order valence-electron chi connectivity index (χ3n) is 5.07. The van der Waals surface area contributed by atoms with E-state index in [0.29, 0.717) is 38.0 Å². The molecule has 32 heavy (non-hydrogen) atoms. The first-order valence-electron chi connectivity index (χ1n) is 9.83. The van der Waals surface area contributed by atoms with E-state index in [1.807, 2.05) is 6.07 Å². The second-order valence-electron chi connectivity index (χ2n) is 7.26. The number of anilines is 2. The summed E-state index contributed by atoms with van der Waals surface area (Å²) < 4.78 is 6.68. The molecule has 0 saturated carbocycles. The van der Waals surface area contributed by atoms with Gasteiger partial charge >= 0.3 is 5.97 Å². The molecule has 0 aliphatic heterocycles. The van der Waals surface area contributed by atoms with Crippen molar-refractivity contribution < 1.29 is 9.53 Å². The Hall–Kier alpha value is -1.84. The molecule has 0 saturated heterocycles. The topological polar surface area (TPSA) is 68.2 Å². The average Bonchev–Trinajstić information content (AvgIpc) is 3.29. The first kappa shape index (κ1) is 23.3. The third-order valence-corrected chi connectivity index (χ3v) is 7.49. The van der Waals surface area contributed by atoms with Gasteiger partial charge in [-0.3, -0.25) is 4.68 Å². The summed E-state index contributed by atoms with van der Waals surface area (Å²) in [6, 6.07) is 5.39. The standard InChI is InChI=1S/C21H19Cl3N4O2S2/c1-30-20(29)17-12-4-2-3-5-16(12)32-19(17)26-21(31)25-18-15(24)10-28(27-18)9-11-6-7-13(22)14(23)8-11/h6-8,10H,2-5,9H2,1H3,(H2,25,26,27,31). The van der Waals surface area contributed by atoms with Gasteiger partial charge in [-0.1, -0.05) is 40.9 Å². The van der Waals surface area contributed by atoms with Crippen molar-refractivity contribution in [3.8, 4) is 0 Å². The Balaban J connectivity index is 1.49. The van der Waals surface area contributed by atoms with E-state index in [1.54, 1.807) is 23.0 Å². The van der Waals surface area contributed by atoms with Crippen LogP contribution in [0, 0.1) is 0 Å². The summed E-state index contributed by atoms with van der Waals surface area (Å²) in [5.74, 6) is 0.0452. The molecule has 0 fully saturated rings. The lowest BCUT2D eigenvalue weighted by molar-refractivity contribution is 0.0601. The number of thiophene rings is 1. The summed E-state index contributed by atoms with van der Waals surface area (Å²) >= 11 is 25.4. The SMILES string of the molecule is COC(=O)c1c(NC(=S)Nc2nn(Cc3ccc(Cl)c(Cl)c3)cc2Cl)sc2c1CCCC2. The highest BCUT2D eigenvalue weighted by Gasteiger charge is 2.26. The minimum absolute atomic E-state index is 0.287. The number of carbonyl (C=O) groups is 1. The molecule has 2 aromatic heterocycles. The number of methoxy groups -OCH3 is 1. The molecule has 2 heterocycles. The molecular formula is C21H19Cl3N4O2S2. The predicted octanol–water partition coefficient (Wildman–Crippen LogP) is 6.43. The van der Waals surface area contributed by atoms with Gasteiger partial charge in [-0.2, -0.15) is 5.10 Å². The molecule has 2 N–H and O–H groups in total. The molecule has 1 aromatic carbocycles. The quantitative estimate of drug-likeness (QED) is 0.293. The molecule has 0 spiro atoms. The van der Waals surface area contributed by atoms with Gasteiger partial charge in [0, 0.05) is 11.1 Å². The Morgan fingerprint density at radius 2 is 1.97 bits per heavy atom. The van der Waals surface area contributed by atoms with Gasteiger partial charge in [0.1, 0.15) is 10.0 Å². The van der Waals surface area contributed by atoms with Gasteiger partial charge < -0.3 is 15.4 Å². The third kappa shape index (κ3) is 5.05. The maximum atomic E-state index is 12.4. The van der Waals surface area contributed by atoms with Crippen LogP contribution in [0.4, 0.5) is 10.8 Å². The van der Waals surface area contributed by atoms with Crippen molar-refractivity contribution in [1.29, 1.82) is 0 Å². The van der Waals surface area contributed by atoms with Gasteiger partial charge in [-0.15, -0.1) is 11.3 Å². The second-order valence-corrected chi connectivity index (χ2v) is 9.99. The zero-order valence-corrected chi connectivity index (χ0v) is 20.9. The number of nitrogens with zero attached hydrogens (tertiary/aromatic N) is 2. The van der Waals surface area contributed by atoms with E-state index in [-0.39, 0.29) is 11.1 Å². The number of halogens is 3. The molecule has 0 unspecified atom stereocenters. The largest absolute Gasteiger partial charge is 0.465 e. The van der Waals surface area contributed by atoms with Crippen LogP contribution in [0.1, 0.15) is 39.2 Å². The molecular weight excluding hydrogens is 511 g/mol. The second kappa shape index (κ2) is 9.97. The number of hydrogen-bond donors (Lipinski definition) is 2. The lowest BCUT2D eigenvalue weighted by atomic mass is 9.95. The van der Waals surface area contributed by atoms with E-state index < -0.39 is 0 Å². The van der Waals surface area contributed by atoms with E-state index in [4.69, 9.17) is 51.8 Å². The highest BCUT2D eigenvalue weighted by molar-refractivity contribution is 7.80. The maximum absolute atomic E-state index is 12.4. The number of ether oxygens (including phenoxy) is 1. The van der Waals surface area contributed by atoms with Crippen molar-refractivity contribution in [2.45, 2.75) is 32.2 Å². The molecule has 0 amide bonds. The first-order chi connectivity index (χ1) is 15.4. The predicted molar refractivity (Wildman–Crippen MR) is 135 cm³/mol. The van der Waals surface area contributed by atoms with Gasteiger partial charge in [0.05, 0.1) is 29.3 Å². The molecule has 0 bridgehead atoms. The van der Waals surface area contributed by atoms with Gasteiger partial charge in [0.2, 0.25) is 0 Å². The highest BCUT2D eigenvalue weighted by Crippen LogP contribution is 2.38. The molecule has 168 valence electrons. The summed E-state index contributed by atoms with van der Waals surface area (Å²) in [6.45, 7) is 0.461. The Morgan fingerprint density at radius 1 is 1.19 bits per heavy atom. The number of carbonyl (C=O) groups excluding carboxylic acids is 1.